The van der Waals surface area contributed by atoms with Crippen molar-refractivity contribution in [2.45, 2.75) is 77.4 Å². The summed E-state index contributed by atoms with van der Waals surface area (Å²) in [6, 6.07) is 0.708. The first-order valence-corrected chi connectivity index (χ1v) is 7.98. The molecule has 2 aliphatic rings. The molecule has 0 bridgehead atoms. The highest BCUT2D eigenvalue weighted by Crippen LogP contribution is 2.52. The van der Waals surface area contributed by atoms with Crippen LogP contribution in [0.1, 0.15) is 65.2 Å². The van der Waals surface area contributed by atoms with Gasteiger partial charge >= 0.3 is 0 Å². The van der Waals surface area contributed by atoms with Crippen molar-refractivity contribution < 1.29 is 4.74 Å². The van der Waals surface area contributed by atoms with Gasteiger partial charge in [0.25, 0.3) is 0 Å². The van der Waals surface area contributed by atoms with Crippen molar-refractivity contribution in [1.29, 1.82) is 0 Å². The van der Waals surface area contributed by atoms with Gasteiger partial charge in [0, 0.05) is 18.1 Å². The number of hydrogen-bond donors (Lipinski definition) is 1. The summed E-state index contributed by atoms with van der Waals surface area (Å²) in [5.74, 6) is 0.759. The molecule has 2 atom stereocenters. The molecule has 2 unspecified atom stereocenters. The fourth-order valence-corrected chi connectivity index (χ4v) is 3.89. The van der Waals surface area contributed by atoms with Gasteiger partial charge in [-0.05, 0) is 38.6 Å². The average molecular weight is 253 g/mol. The second-order valence-corrected chi connectivity index (χ2v) is 6.77. The van der Waals surface area contributed by atoms with E-state index < -0.39 is 0 Å². The average Bonchev–Trinajstić information content (AvgIpc) is 2.60. The van der Waals surface area contributed by atoms with Crippen molar-refractivity contribution in [2.24, 2.45) is 11.3 Å². The van der Waals surface area contributed by atoms with Gasteiger partial charge in [0.1, 0.15) is 0 Å². The molecule has 18 heavy (non-hydrogen) atoms. The SMILES string of the molecule is CNC1CC(OCCC(C)C)C12CCCCCC2. The minimum Gasteiger partial charge on any atom is -0.378 e. The van der Waals surface area contributed by atoms with Gasteiger partial charge in [-0.25, -0.2) is 0 Å². The van der Waals surface area contributed by atoms with Crippen LogP contribution in [0.25, 0.3) is 0 Å². The molecule has 0 aromatic carbocycles. The highest BCUT2D eigenvalue weighted by molar-refractivity contribution is 5.07. The molecule has 0 amide bonds. The van der Waals surface area contributed by atoms with Gasteiger partial charge in [-0.15, -0.1) is 0 Å². The van der Waals surface area contributed by atoms with Gasteiger partial charge in [-0.2, -0.15) is 0 Å². The van der Waals surface area contributed by atoms with E-state index in [2.05, 4.69) is 26.2 Å². The molecule has 0 heterocycles. The minimum absolute atomic E-state index is 0.474. The van der Waals surface area contributed by atoms with E-state index in [1.165, 1.54) is 51.4 Å². The van der Waals surface area contributed by atoms with Crippen LogP contribution in [-0.2, 0) is 4.74 Å². The Morgan fingerprint density at radius 2 is 1.83 bits per heavy atom. The molecule has 2 heteroatoms. The molecule has 2 nitrogen and oxygen atoms in total. The first-order chi connectivity index (χ1) is 8.69. The van der Waals surface area contributed by atoms with Gasteiger partial charge in [0.2, 0.25) is 0 Å². The summed E-state index contributed by atoms with van der Waals surface area (Å²) in [7, 11) is 2.13. The highest BCUT2D eigenvalue weighted by atomic mass is 16.5. The fraction of sp³-hybridized carbons (Fsp3) is 1.00. The van der Waals surface area contributed by atoms with Gasteiger partial charge in [-0.1, -0.05) is 39.5 Å². The molecule has 106 valence electrons. The van der Waals surface area contributed by atoms with Gasteiger partial charge in [0.15, 0.2) is 0 Å². The number of hydrogen-bond acceptors (Lipinski definition) is 2. The zero-order chi connectivity index (χ0) is 13.0. The predicted molar refractivity (Wildman–Crippen MR) is 76.8 cm³/mol. The lowest BCUT2D eigenvalue weighted by molar-refractivity contribution is -0.143. The van der Waals surface area contributed by atoms with E-state index in [1.54, 1.807) is 0 Å². The summed E-state index contributed by atoms with van der Waals surface area (Å²) >= 11 is 0. The van der Waals surface area contributed by atoms with Crippen LogP contribution in [0.5, 0.6) is 0 Å². The van der Waals surface area contributed by atoms with Crippen molar-refractivity contribution in [3.63, 3.8) is 0 Å². The van der Waals surface area contributed by atoms with Crippen LogP contribution < -0.4 is 5.32 Å². The first kappa shape index (κ1) is 14.3. The highest BCUT2D eigenvalue weighted by Gasteiger charge is 2.54. The normalized spacial score (nSPS) is 31.3. The Bertz CT molecular complexity index is 243. The molecule has 2 rings (SSSR count). The first-order valence-electron chi connectivity index (χ1n) is 7.98. The summed E-state index contributed by atoms with van der Waals surface area (Å²) in [6.07, 6.45) is 11.4. The third kappa shape index (κ3) is 2.91. The molecule has 2 aliphatic carbocycles. The van der Waals surface area contributed by atoms with E-state index in [4.69, 9.17) is 4.74 Å². The molecule has 1 spiro atoms. The molecular formula is C16H31NO. The van der Waals surface area contributed by atoms with E-state index in [1.807, 2.05) is 0 Å². The van der Waals surface area contributed by atoms with Crippen LogP contribution in [0, 0.1) is 11.3 Å². The second kappa shape index (κ2) is 6.38. The van der Waals surface area contributed by atoms with Crippen molar-refractivity contribution in [1.82, 2.24) is 5.32 Å². The van der Waals surface area contributed by atoms with Gasteiger partial charge < -0.3 is 10.1 Å². The maximum absolute atomic E-state index is 6.23. The number of rotatable bonds is 5. The molecule has 2 fully saturated rings. The summed E-state index contributed by atoms with van der Waals surface area (Å²) in [6.45, 7) is 5.52. The van der Waals surface area contributed by atoms with Gasteiger partial charge in [-0.3, -0.25) is 0 Å². The second-order valence-electron chi connectivity index (χ2n) is 6.77. The van der Waals surface area contributed by atoms with Crippen LogP contribution in [0.4, 0.5) is 0 Å². The summed E-state index contributed by atoms with van der Waals surface area (Å²) in [4.78, 5) is 0. The molecule has 0 aliphatic heterocycles. The van der Waals surface area contributed by atoms with Crippen LogP contribution in [-0.4, -0.2) is 25.8 Å². The van der Waals surface area contributed by atoms with E-state index in [-0.39, 0.29) is 0 Å². The topological polar surface area (TPSA) is 21.3 Å². The van der Waals surface area contributed by atoms with E-state index in [9.17, 15) is 0 Å². The minimum atomic E-state index is 0.474. The van der Waals surface area contributed by atoms with Crippen LogP contribution in [0.15, 0.2) is 0 Å². The maximum atomic E-state index is 6.23. The zero-order valence-electron chi connectivity index (χ0n) is 12.5. The van der Waals surface area contributed by atoms with Crippen molar-refractivity contribution in [2.75, 3.05) is 13.7 Å². The molecule has 0 saturated heterocycles. The monoisotopic (exact) mass is 253 g/mol. The summed E-state index contributed by atoms with van der Waals surface area (Å²) in [5, 5.41) is 3.54. The number of ether oxygens (including phenoxy) is 1. The van der Waals surface area contributed by atoms with E-state index >= 15 is 0 Å². The van der Waals surface area contributed by atoms with Gasteiger partial charge in [0.05, 0.1) is 6.10 Å². The zero-order valence-corrected chi connectivity index (χ0v) is 12.5. The predicted octanol–water partition coefficient (Wildman–Crippen LogP) is 3.75. The van der Waals surface area contributed by atoms with E-state index in [0.29, 0.717) is 17.6 Å². The Morgan fingerprint density at radius 3 is 2.39 bits per heavy atom. The van der Waals surface area contributed by atoms with Crippen LogP contribution in [0.2, 0.25) is 0 Å². The van der Waals surface area contributed by atoms with Crippen LogP contribution >= 0.6 is 0 Å². The largest absolute Gasteiger partial charge is 0.378 e. The molecular weight excluding hydrogens is 222 g/mol. The quantitative estimate of drug-likeness (QED) is 0.805. The Hall–Kier alpha value is -0.0800. The standard InChI is InChI=1S/C16H31NO/c1-13(2)8-11-18-15-12-14(17-3)16(15)9-6-4-5-7-10-16/h13-15,17H,4-12H2,1-3H3. The smallest absolute Gasteiger partial charge is 0.0661 e. The lowest BCUT2D eigenvalue weighted by Gasteiger charge is -2.56. The Balaban J connectivity index is 1.89. The lowest BCUT2D eigenvalue weighted by atomic mass is 9.58. The Kier molecular flexibility index (Phi) is 5.08. The summed E-state index contributed by atoms with van der Waals surface area (Å²) in [5.41, 5.74) is 0.474. The molecule has 2 saturated carbocycles. The molecule has 0 aromatic heterocycles. The third-order valence-corrected chi connectivity index (χ3v) is 5.18. The Labute approximate surface area is 113 Å². The van der Waals surface area contributed by atoms with Crippen LogP contribution in [0.3, 0.4) is 0 Å². The molecule has 1 N–H and O–H groups in total. The van der Waals surface area contributed by atoms with Crippen molar-refractivity contribution >= 4 is 0 Å². The molecule has 0 radical (unpaired) electrons. The summed E-state index contributed by atoms with van der Waals surface area (Å²) < 4.78 is 6.23. The lowest BCUT2D eigenvalue weighted by Crippen LogP contribution is -2.63. The molecule has 0 aromatic rings. The van der Waals surface area contributed by atoms with Crippen molar-refractivity contribution in [3.8, 4) is 0 Å². The van der Waals surface area contributed by atoms with E-state index in [0.717, 1.165) is 12.5 Å². The number of nitrogens with one attached hydrogen (secondary N) is 1. The van der Waals surface area contributed by atoms with Crippen molar-refractivity contribution in [3.05, 3.63) is 0 Å². The fourth-order valence-electron chi connectivity index (χ4n) is 3.89. The Morgan fingerprint density at radius 1 is 1.17 bits per heavy atom. The maximum Gasteiger partial charge on any atom is 0.0661 e. The third-order valence-electron chi connectivity index (χ3n) is 5.18.